The lowest BCUT2D eigenvalue weighted by molar-refractivity contribution is -0.121. The SMILES string of the molecule is Cc1ccc(S(=O)(=O)NCCC(=O)N[C@@H](C)c2ccccc2)cc1. The molecule has 24 heavy (non-hydrogen) atoms. The molecule has 0 aliphatic heterocycles. The molecule has 0 heterocycles. The molecule has 2 N–H and O–H groups in total. The van der Waals surface area contributed by atoms with Gasteiger partial charge in [0.25, 0.3) is 0 Å². The average Bonchev–Trinajstić information content (AvgIpc) is 2.56. The van der Waals surface area contributed by atoms with E-state index >= 15 is 0 Å². The van der Waals surface area contributed by atoms with Crippen LogP contribution in [-0.2, 0) is 14.8 Å². The van der Waals surface area contributed by atoms with Crippen LogP contribution in [0.15, 0.2) is 59.5 Å². The van der Waals surface area contributed by atoms with Crippen molar-refractivity contribution in [2.45, 2.75) is 31.2 Å². The van der Waals surface area contributed by atoms with Gasteiger partial charge in [0.15, 0.2) is 0 Å². The van der Waals surface area contributed by atoms with E-state index in [0.717, 1.165) is 11.1 Å². The predicted molar refractivity (Wildman–Crippen MR) is 94.0 cm³/mol. The minimum atomic E-state index is -3.58. The lowest BCUT2D eigenvalue weighted by Gasteiger charge is -2.14. The number of benzene rings is 2. The van der Waals surface area contributed by atoms with Crippen LogP contribution in [0.3, 0.4) is 0 Å². The molecule has 0 aliphatic rings. The number of hydrogen-bond donors (Lipinski definition) is 2. The van der Waals surface area contributed by atoms with E-state index in [4.69, 9.17) is 0 Å². The lowest BCUT2D eigenvalue weighted by Crippen LogP contribution is -2.32. The number of hydrogen-bond acceptors (Lipinski definition) is 3. The Morgan fingerprint density at radius 2 is 1.67 bits per heavy atom. The predicted octanol–water partition coefficient (Wildman–Crippen LogP) is 2.54. The van der Waals surface area contributed by atoms with Gasteiger partial charge in [-0.2, -0.15) is 0 Å². The number of nitrogens with one attached hydrogen (secondary N) is 2. The summed E-state index contributed by atoms with van der Waals surface area (Å²) in [6.45, 7) is 3.84. The highest BCUT2D eigenvalue weighted by atomic mass is 32.2. The van der Waals surface area contributed by atoms with Crippen molar-refractivity contribution in [2.75, 3.05) is 6.54 Å². The van der Waals surface area contributed by atoms with E-state index in [-0.39, 0.29) is 29.8 Å². The van der Waals surface area contributed by atoms with Gasteiger partial charge in [0.05, 0.1) is 10.9 Å². The third kappa shape index (κ3) is 5.18. The smallest absolute Gasteiger partial charge is 0.240 e. The molecule has 0 fully saturated rings. The first-order chi connectivity index (χ1) is 11.4. The van der Waals surface area contributed by atoms with Crippen molar-refractivity contribution in [1.29, 1.82) is 0 Å². The van der Waals surface area contributed by atoms with E-state index in [2.05, 4.69) is 10.0 Å². The van der Waals surface area contributed by atoms with Crippen LogP contribution in [0.4, 0.5) is 0 Å². The fourth-order valence-corrected chi connectivity index (χ4v) is 3.27. The second-order valence-corrected chi connectivity index (χ2v) is 7.43. The minimum absolute atomic E-state index is 0.0591. The van der Waals surface area contributed by atoms with Crippen molar-refractivity contribution in [3.63, 3.8) is 0 Å². The van der Waals surface area contributed by atoms with Gasteiger partial charge in [0.2, 0.25) is 15.9 Å². The Hall–Kier alpha value is -2.18. The largest absolute Gasteiger partial charge is 0.350 e. The molecule has 1 atom stereocenters. The van der Waals surface area contributed by atoms with Gasteiger partial charge >= 0.3 is 0 Å². The molecule has 1 amide bonds. The maximum Gasteiger partial charge on any atom is 0.240 e. The van der Waals surface area contributed by atoms with Gasteiger partial charge in [-0.25, -0.2) is 13.1 Å². The van der Waals surface area contributed by atoms with E-state index in [1.165, 1.54) is 0 Å². The molecule has 0 unspecified atom stereocenters. The Bertz CT molecular complexity index is 772. The van der Waals surface area contributed by atoms with Crippen molar-refractivity contribution in [2.24, 2.45) is 0 Å². The van der Waals surface area contributed by atoms with Crippen LogP contribution in [-0.4, -0.2) is 20.9 Å². The highest BCUT2D eigenvalue weighted by molar-refractivity contribution is 7.89. The zero-order chi connectivity index (χ0) is 17.6. The zero-order valence-corrected chi connectivity index (χ0v) is 14.6. The summed E-state index contributed by atoms with van der Waals surface area (Å²) in [5.74, 6) is -0.196. The second kappa shape index (κ2) is 8.08. The molecule has 128 valence electrons. The molecule has 0 bridgehead atoms. The van der Waals surface area contributed by atoms with Crippen LogP contribution in [0.2, 0.25) is 0 Å². The number of amides is 1. The molecular weight excluding hydrogens is 324 g/mol. The number of rotatable bonds is 7. The van der Waals surface area contributed by atoms with Gasteiger partial charge in [0.1, 0.15) is 0 Å². The standard InChI is InChI=1S/C18H22N2O3S/c1-14-8-10-17(11-9-14)24(22,23)19-13-12-18(21)20-15(2)16-6-4-3-5-7-16/h3-11,15,19H,12-13H2,1-2H3,(H,20,21)/t15-/m0/s1. The van der Waals surface area contributed by atoms with E-state index in [1.54, 1.807) is 24.3 Å². The summed E-state index contributed by atoms with van der Waals surface area (Å²) in [5.41, 5.74) is 1.99. The molecule has 2 aromatic rings. The molecule has 6 heteroatoms. The van der Waals surface area contributed by atoms with Crippen molar-refractivity contribution in [3.05, 3.63) is 65.7 Å². The van der Waals surface area contributed by atoms with Crippen LogP contribution in [0.5, 0.6) is 0 Å². The summed E-state index contributed by atoms with van der Waals surface area (Å²) in [5, 5.41) is 2.86. The summed E-state index contributed by atoms with van der Waals surface area (Å²) in [6, 6.07) is 16.1. The summed E-state index contributed by atoms with van der Waals surface area (Å²) >= 11 is 0. The number of carbonyl (C=O) groups excluding carboxylic acids is 1. The van der Waals surface area contributed by atoms with E-state index in [0.29, 0.717) is 0 Å². The van der Waals surface area contributed by atoms with Crippen molar-refractivity contribution < 1.29 is 13.2 Å². The van der Waals surface area contributed by atoms with Gasteiger partial charge < -0.3 is 5.32 Å². The summed E-state index contributed by atoms with van der Waals surface area (Å²) in [4.78, 5) is 12.1. The van der Waals surface area contributed by atoms with Crippen LogP contribution >= 0.6 is 0 Å². The first kappa shape index (κ1) is 18.2. The first-order valence-electron chi connectivity index (χ1n) is 7.79. The van der Waals surface area contributed by atoms with Crippen LogP contribution in [0, 0.1) is 6.92 Å². The first-order valence-corrected chi connectivity index (χ1v) is 9.27. The summed E-state index contributed by atoms with van der Waals surface area (Å²) in [6.07, 6.45) is 0.0856. The highest BCUT2D eigenvalue weighted by Gasteiger charge is 2.14. The van der Waals surface area contributed by atoms with Gasteiger partial charge in [-0.1, -0.05) is 48.0 Å². The number of sulfonamides is 1. The van der Waals surface area contributed by atoms with Crippen LogP contribution in [0.1, 0.15) is 30.5 Å². The zero-order valence-electron chi connectivity index (χ0n) is 13.8. The molecule has 2 aromatic carbocycles. The Balaban J connectivity index is 1.83. The highest BCUT2D eigenvalue weighted by Crippen LogP contribution is 2.12. The van der Waals surface area contributed by atoms with E-state index in [1.807, 2.05) is 44.2 Å². The number of aryl methyl sites for hydroxylation is 1. The van der Waals surface area contributed by atoms with Crippen molar-refractivity contribution in [3.8, 4) is 0 Å². The fourth-order valence-electron chi connectivity index (χ4n) is 2.24. The summed E-state index contributed by atoms with van der Waals surface area (Å²) in [7, 11) is -3.58. The maximum absolute atomic E-state index is 12.1. The molecule has 5 nitrogen and oxygen atoms in total. The molecule has 0 radical (unpaired) electrons. The maximum atomic E-state index is 12.1. The van der Waals surface area contributed by atoms with Gasteiger partial charge in [-0.3, -0.25) is 4.79 Å². The Labute approximate surface area is 143 Å². The fraction of sp³-hybridized carbons (Fsp3) is 0.278. The van der Waals surface area contributed by atoms with Gasteiger partial charge in [0, 0.05) is 13.0 Å². The third-order valence-electron chi connectivity index (χ3n) is 3.65. The molecule has 0 aromatic heterocycles. The topological polar surface area (TPSA) is 75.3 Å². The van der Waals surface area contributed by atoms with Gasteiger partial charge in [-0.05, 0) is 31.5 Å². The van der Waals surface area contributed by atoms with Crippen molar-refractivity contribution >= 4 is 15.9 Å². The number of carbonyl (C=O) groups is 1. The monoisotopic (exact) mass is 346 g/mol. The third-order valence-corrected chi connectivity index (χ3v) is 5.13. The molecule has 0 aliphatic carbocycles. The molecule has 0 spiro atoms. The van der Waals surface area contributed by atoms with Crippen LogP contribution < -0.4 is 10.0 Å². The van der Waals surface area contributed by atoms with Gasteiger partial charge in [-0.15, -0.1) is 0 Å². The van der Waals surface area contributed by atoms with E-state index < -0.39 is 10.0 Å². The summed E-state index contributed by atoms with van der Waals surface area (Å²) < 4.78 is 26.7. The van der Waals surface area contributed by atoms with E-state index in [9.17, 15) is 13.2 Å². The average molecular weight is 346 g/mol. The second-order valence-electron chi connectivity index (χ2n) is 5.66. The Morgan fingerprint density at radius 3 is 2.29 bits per heavy atom. The normalized spacial score (nSPS) is 12.6. The molecule has 0 saturated carbocycles. The lowest BCUT2D eigenvalue weighted by atomic mass is 10.1. The quantitative estimate of drug-likeness (QED) is 0.809. The molecule has 0 saturated heterocycles. The minimum Gasteiger partial charge on any atom is -0.350 e. The molecule has 2 rings (SSSR count). The molecular formula is C18H22N2O3S. The Morgan fingerprint density at radius 1 is 1.04 bits per heavy atom. The van der Waals surface area contributed by atoms with Crippen molar-refractivity contribution in [1.82, 2.24) is 10.0 Å². The van der Waals surface area contributed by atoms with Crippen LogP contribution in [0.25, 0.3) is 0 Å². The Kier molecular flexibility index (Phi) is 6.11.